The fourth-order valence-electron chi connectivity index (χ4n) is 1.75. The maximum Gasteiger partial charge on any atom is 0.471 e. The molecule has 0 N–H and O–H groups in total. The first-order valence-electron chi connectivity index (χ1n) is 5.18. The largest absolute Gasteiger partial charge is 0.471 e. The Kier molecular flexibility index (Phi) is 3.13. The maximum atomic E-state index is 12.2. The quantitative estimate of drug-likeness (QED) is 0.787. The summed E-state index contributed by atoms with van der Waals surface area (Å²) in [5.74, 6) is -1.16. The van der Waals surface area contributed by atoms with E-state index in [4.69, 9.17) is 0 Å². The average molecular weight is 235 g/mol. The SMILES string of the molecule is FC(F)(F)c1nc(CN2CCCCC2)no1. The molecule has 0 bridgehead atoms. The van der Waals surface area contributed by atoms with Crippen LogP contribution < -0.4 is 0 Å². The van der Waals surface area contributed by atoms with Crippen molar-refractivity contribution in [1.82, 2.24) is 15.0 Å². The van der Waals surface area contributed by atoms with Crippen LogP contribution in [0.1, 0.15) is 31.0 Å². The molecule has 1 saturated heterocycles. The van der Waals surface area contributed by atoms with E-state index in [-0.39, 0.29) is 5.82 Å². The van der Waals surface area contributed by atoms with Crippen LogP contribution in [0.3, 0.4) is 0 Å². The molecule has 0 amide bonds. The molecule has 90 valence electrons. The van der Waals surface area contributed by atoms with Gasteiger partial charge in [-0.1, -0.05) is 11.6 Å². The second-order valence-corrected chi connectivity index (χ2v) is 3.85. The van der Waals surface area contributed by atoms with Crippen LogP contribution in [0.5, 0.6) is 0 Å². The van der Waals surface area contributed by atoms with Gasteiger partial charge >= 0.3 is 12.1 Å². The molecular formula is C9H12F3N3O. The van der Waals surface area contributed by atoms with Crippen molar-refractivity contribution in [2.45, 2.75) is 32.0 Å². The summed E-state index contributed by atoms with van der Waals surface area (Å²) in [6.45, 7) is 2.10. The molecule has 0 aromatic carbocycles. The van der Waals surface area contributed by atoms with E-state index >= 15 is 0 Å². The molecule has 0 atom stereocenters. The second kappa shape index (κ2) is 4.40. The number of alkyl halides is 3. The van der Waals surface area contributed by atoms with E-state index in [0.717, 1.165) is 25.9 Å². The van der Waals surface area contributed by atoms with Crippen molar-refractivity contribution in [2.24, 2.45) is 0 Å². The summed E-state index contributed by atoms with van der Waals surface area (Å²) in [7, 11) is 0. The number of rotatable bonds is 2. The number of hydrogen-bond acceptors (Lipinski definition) is 4. The number of halogens is 3. The van der Waals surface area contributed by atoms with Gasteiger partial charge in [0.2, 0.25) is 0 Å². The van der Waals surface area contributed by atoms with Crippen molar-refractivity contribution < 1.29 is 17.7 Å². The van der Waals surface area contributed by atoms with E-state index in [1.54, 1.807) is 0 Å². The van der Waals surface area contributed by atoms with E-state index in [2.05, 4.69) is 14.7 Å². The van der Waals surface area contributed by atoms with Gasteiger partial charge in [-0.15, -0.1) is 0 Å². The summed E-state index contributed by atoms with van der Waals surface area (Å²) >= 11 is 0. The fraction of sp³-hybridized carbons (Fsp3) is 0.778. The van der Waals surface area contributed by atoms with Crippen molar-refractivity contribution in [3.8, 4) is 0 Å². The van der Waals surface area contributed by atoms with Gasteiger partial charge in [-0.25, -0.2) is 0 Å². The zero-order chi connectivity index (χ0) is 11.6. The Labute approximate surface area is 90.4 Å². The molecule has 4 nitrogen and oxygen atoms in total. The highest BCUT2D eigenvalue weighted by atomic mass is 19.4. The molecule has 1 aromatic rings. The Hall–Kier alpha value is -1.11. The summed E-state index contributed by atoms with van der Waals surface area (Å²) < 4.78 is 40.7. The van der Waals surface area contributed by atoms with Crippen molar-refractivity contribution in [2.75, 3.05) is 13.1 Å². The van der Waals surface area contributed by atoms with Crippen LogP contribution in [0.15, 0.2) is 4.52 Å². The highest BCUT2D eigenvalue weighted by Gasteiger charge is 2.38. The molecule has 1 aromatic heterocycles. The van der Waals surface area contributed by atoms with Crippen LogP contribution >= 0.6 is 0 Å². The van der Waals surface area contributed by atoms with Crippen LogP contribution in [0.4, 0.5) is 13.2 Å². The maximum absolute atomic E-state index is 12.2. The number of piperidine rings is 1. The molecule has 1 fully saturated rings. The zero-order valence-electron chi connectivity index (χ0n) is 8.63. The summed E-state index contributed by atoms with van der Waals surface area (Å²) in [5.41, 5.74) is 0. The normalized spacial score (nSPS) is 18.9. The molecule has 0 spiro atoms. The lowest BCUT2D eigenvalue weighted by molar-refractivity contribution is -0.159. The molecule has 0 aliphatic carbocycles. The minimum atomic E-state index is -4.55. The van der Waals surface area contributed by atoms with E-state index in [9.17, 15) is 13.2 Å². The smallest absolute Gasteiger partial charge is 0.329 e. The van der Waals surface area contributed by atoms with Gasteiger partial charge in [0.25, 0.3) is 0 Å². The highest BCUT2D eigenvalue weighted by Crippen LogP contribution is 2.27. The molecule has 16 heavy (non-hydrogen) atoms. The van der Waals surface area contributed by atoms with Crippen molar-refractivity contribution >= 4 is 0 Å². The van der Waals surface area contributed by atoms with Crippen LogP contribution in [0.25, 0.3) is 0 Å². The van der Waals surface area contributed by atoms with Crippen molar-refractivity contribution in [3.63, 3.8) is 0 Å². The molecule has 2 rings (SSSR count). The topological polar surface area (TPSA) is 42.2 Å². The molecular weight excluding hydrogens is 223 g/mol. The lowest BCUT2D eigenvalue weighted by Crippen LogP contribution is -2.29. The first kappa shape index (κ1) is 11.4. The van der Waals surface area contributed by atoms with E-state index < -0.39 is 12.1 Å². The minimum Gasteiger partial charge on any atom is -0.329 e. The van der Waals surface area contributed by atoms with Gasteiger partial charge in [0.15, 0.2) is 5.82 Å². The van der Waals surface area contributed by atoms with Gasteiger partial charge in [-0.05, 0) is 25.9 Å². The lowest BCUT2D eigenvalue weighted by atomic mass is 10.1. The first-order chi connectivity index (χ1) is 7.55. The molecule has 0 radical (unpaired) electrons. The number of likely N-dealkylation sites (tertiary alicyclic amines) is 1. The molecule has 1 aliphatic rings. The molecule has 0 unspecified atom stereocenters. The predicted molar refractivity (Wildman–Crippen MR) is 48.4 cm³/mol. The number of nitrogens with zero attached hydrogens (tertiary/aromatic N) is 3. The summed E-state index contributed by atoms with van der Waals surface area (Å²) in [5, 5.41) is 3.33. The number of aromatic nitrogens is 2. The molecule has 0 saturated carbocycles. The summed E-state index contributed by atoms with van der Waals surface area (Å²) in [4.78, 5) is 5.37. The Morgan fingerprint density at radius 3 is 2.44 bits per heavy atom. The predicted octanol–water partition coefficient (Wildman–Crippen LogP) is 2.07. The van der Waals surface area contributed by atoms with Crippen LogP contribution in [0.2, 0.25) is 0 Å². The monoisotopic (exact) mass is 235 g/mol. The van der Waals surface area contributed by atoms with E-state index in [0.29, 0.717) is 6.54 Å². The molecule has 7 heteroatoms. The van der Waals surface area contributed by atoms with Crippen molar-refractivity contribution in [1.29, 1.82) is 0 Å². The first-order valence-corrected chi connectivity index (χ1v) is 5.18. The van der Waals surface area contributed by atoms with Gasteiger partial charge in [0, 0.05) is 0 Å². The van der Waals surface area contributed by atoms with Crippen LogP contribution in [-0.2, 0) is 12.7 Å². The summed E-state index contributed by atoms with van der Waals surface area (Å²) in [6, 6.07) is 0. The van der Waals surface area contributed by atoms with Gasteiger partial charge in [0.05, 0.1) is 6.54 Å². The Bertz CT molecular complexity index is 344. The third kappa shape index (κ3) is 2.72. The van der Waals surface area contributed by atoms with E-state index in [1.807, 2.05) is 4.90 Å². The number of hydrogen-bond donors (Lipinski definition) is 0. The highest BCUT2D eigenvalue weighted by molar-refractivity contribution is 4.90. The van der Waals surface area contributed by atoms with Gasteiger partial charge in [-0.2, -0.15) is 18.2 Å². The van der Waals surface area contributed by atoms with Gasteiger partial charge in [-0.3, -0.25) is 4.90 Å². The third-order valence-electron chi connectivity index (χ3n) is 2.52. The minimum absolute atomic E-state index is 0.106. The fourth-order valence-corrected chi connectivity index (χ4v) is 1.75. The standard InChI is InChI=1S/C9H12F3N3O/c10-9(11,12)8-13-7(14-16-8)6-15-4-2-1-3-5-15/h1-6H2. The van der Waals surface area contributed by atoms with Crippen molar-refractivity contribution in [3.05, 3.63) is 11.7 Å². The Morgan fingerprint density at radius 1 is 1.19 bits per heavy atom. The van der Waals surface area contributed by atoms with Crippen LogP contribution in [0, 0.1) is 0 Å². The lowest BCUT2D eigenvalue weighted by Gasteiger charge is -2.24. The molecule has 1 aliphatic heterocycles. The van der Waals surface area contributed by atoms with Gasteiger partial charge in [0.1, 0.15) is 0 Å². The van der Waals surface area contributed by atoms with E-state index in [1.165, 1.54) is 6.42 Å². The summed E-state index contributed by atoms with van der Waals surface area (Å²) in [6.07, 6.45) is -1.22. The third-order valence-corrected chi connectivity index (χ3v) is 2.52. The van der Waals surface area contributed by atoms with Crippen LogP contribution in [-0.4, -0.2) is 28.1 Å². The zero-order valence-corrected chi connectivity index (χ0v) is 8.63. The second-order valence-electron chi connectivity index (χ2n) is 3.85. The Morgan fingerprint density at radius 2 is 1.88 bits per heavy atom. The molecule has 2 heterocycles. The average Bonchev–Trinajstić information content (AvgIpc) is 2.67. The van der Waals surface area contributed by atoms with Gasteiger partial charge < -0.3 is 4.52 Å². The Balaban J connectivity index is 1.97.